The average molecular weight is 280 g/mol. The van der Waals surface area contributed by atoms with Gasteiger partial charge in [0.2, 0.25) is 0 Å². The second-order valence-corrected chi connectivity index (χ2v) is 3.60. The molecule has 1 aromatic rings. The van der Waals surface area contributed by atoms with Gasteiger partial charge < -0.3 is 4.57 Å². The maximum Gasteiger partial charge on any atom is 0.340 e. The van der Waals surface area contributed by atoms with E-state index < -0.39 is 0 Å². The van der Waals surface area contributed by atoms with Gasteiger partial charge in [-0.15, -0.1) is 0 Å². The number of hydrogen-bond donors (Lipinski definition) is 0. The van der Waals surface area contributed by atoms with Gasteiger partial charge in [-0.1, -0.05) is 0 Å². The molecule has 0 aliphatic rings. The van der Waals surface area contributed by atoms with E-state index in [2.05, 4.69) is 0 Å². The van der Waals surface area contributed by atoms with E-state index in [0.717, 1.165) is 8.47 Å². The van der Waals surface area contributed by atoms with Crippen molar-refractivity contribution in [3.8, 4) is 0 Å². The molecule has 1 heterocycles. The molecular weight excluding hydrogens is 271 g/mol. The Morgan fingerprint density at radius 3 is 2.25 bits per heavy atom. The van der Waals surface area contributed by atoms with Crippen molar-refractivity contribution >= 4 is 22.9 Å². The molecule has 0 spiro atoms. The lowest BCUT2D eigenvalue weighted by Gasteiger charge is -2.06. The van der Waals surface area contributed by atoms with Crippen molar-refractivity contribution < 1.29 is 0 Å². The third-order valence-electron chi connectivity index (χ3n) is 2.00. The van der Waals surface area contributed by atoms with Crippen molar-refractivity contribution in [2.75, 3.05) is 0 Å². The quantitative estimate of drug-likeness (QED) is 0.644. The Kier molecular flexibility index (Phi) is 2.41. The van der Waals surface area contributed by atoms with Crippen LogP contribution in [0.15, 0.2) is 9.59 Å². The predicted octanol–water partition coefficient (Wildman–Crippen LogP) is 0.362. The Bertz CT molecular complexity index is 393. The van der Waals surface area contributed by atoms with Crippen molar-refractivity contribution in [3.05, 3.63) is 32.1 Å². The van der Waals surface area contributed by atoms with Crippen LogP contribution in [-0.4, -0.2) is 7.35 Å². The summed E-state index contributed by atoms with van der Waals surface area (Å²) in [5.74, 6) is 0. The van der Waals surface area contributed by atoms with Gasteiger partial charge in [0, 0.05) is 18.3 Å². The minimum atomic E-state index is -0.288. The number of rotatable bonds is 0. The molecule has 0 aliphatic carbocycles. The summed E-state index contributed by atoms with van der Waals surface area (Å²) in [5, 5.41) is 0. The van der Waals surface area contributed by atoms with Crippen LogP contribution in [0.3, 0.4) is 0 Å². The summed E-state index contributed by atoms with van der Waals surface area (Å²) in [5.41, 5.74) is 0.823. The normalized spacial score (nSPS) is 10.3. The third-order valence-corrected chi connectivity index (χ3v) is 2.85. The first-order chi connectivity index (χ1) is 5.46. The Morgan fingerprint density at radius 1 is 1.25 bits per heavy atom. The molecule has 0 amide bonds. The van der Waals surface area contributed by atoms with Crippen LogP contribution in [0.1, 0.15) is 11.3 Å². The summed E-state index contributed by atoms with van der Waals surface area (Å²) >= 11 is 1.71. The molecule has 0 N–H and O–H groups in total. The minimum absolute atomic E-state index is 0.226. The van der Waals surface area contributed by atoms with E-state index in [-0.39, 0.29) is 11.2 Å². The highest BCUT2D eigenvalue weighted by atomic mass is 127. The van der Waals surface area contributed by atoms with E-state index in [0.29, 0.717) is 5.56 Å². The molecule has 0 unspecified atom stereocenters. The zero-order valence-corrected chi connectivity index (χ0v) is 9.25. The van der Waals surface area contributed by atoms with Gasteiger partial charge in [0.05, 0.1) is 22.9 Å². The largest absolute Gasteiger partial charge is 0.340 e. The van der Waals surface area contributed by atoms with Gasteiger partial charge in [0.25, 0.3) is 5.56 Å². The minimum Gasteiger partial charge on any atom is -0.300 e. The van der Waals surface area contributed by atoms with Crippen LogP contribution in [0.4, 0.5) is 0 Å². The zero-order chi connectivity index (χ0) is 9.46. The highest BCUT2D eigenvalue weighted by molar-refractivity contribution is 14.1. The van der Waals surface area contributed by atoms with Crippen LogP contribution in [-0.2, 0) is 7.05 Å². The molecule has 0 aromatic carbocycles. The van der Waals surface area contributed by atoms with Crippen molar-refractivity contribution in [2.24, 2.45) is 7.05 Å². The highest BCUT2D eigenvalue weighted by Gasteiger charge is 2.07. The summed E-state index contributed by atoms with van der Waals surface area (Å²) < 4.78 is 2.54. The summed E-state index contributed by atoms with van der Waals surface area (Å²) in [6.45, 7) is 3.47. The maximum atomic E-state index is 11.3. The topological polar surface area (TPSA) is 44.0 Å². The van der Waals surface area contributed by atoms with Crippen molar-refractivity contribution in [1.82, 2.24) is 7.35 Å². The summed E-state index contributed by atoms with van der Waals surface area (Å²) in [6, 6.07) is 0. The molecule has 5 heteroatoms. The molecule has 0 saturated heterocycles. The standard InChI is InChI=1S/C7H9IN2O2/c1-4-5(2)9(3)7(12)10(8)6(4)11/h1-3H3. The number of hydrogen-bond acceptors (Lipinski definition) is 2. The van der Waals surface area contributed by atoms with E-state index in [1.807, 2.05) is 0 Å². The van der Waals surface area contributed by atoms with Crippen LogP contribution in [0.25, 0.3) is 0 Å². The lowest BCUT2D eigenvalue weighted by molar-refractivity contribution is 0.746. The Hall–Kier alpha value is -0.590. The van der Waals surface area contributed by atoms with Crippen LogP contribution in [0, 0.1) is 13.8 Å². The highest BCUT2D eigenvalue weighted by Crippen LogP contribution is 1.96. The molecule has 12 heavy (non-hydrogen) atoms. The molecule has 1 aromatic heterocycles. The fourth-order valence-corrected chi connectivity index (χ4v) is 1.60. The predicted molar refractivity (Wildman–Crippen MR) is 54.8 cm³/mol. The lowest BCUT2D eigenvalue weighted by atomic mass is 10.3. The fourth-order valence-electron chi connectivity index (χ4n) is 0.916. The number of aromatic nitrogens is 2. The van der Waals surface area contributed by atoms with Gasteiger partial charge in [-0.2, -0.15) is 2.78 Å². The second kappa shape index (κ2) is 3.04. The van der Waals surface area contributed by atoms with Gasteiger partial charge in [0.15, 0.2) is 0 Å². The average Bonchev–Trinajstić information content (AvgIpc) is 2.08. The van der Waals surface area contributed by atoms with Gasteiger partial charge in [0.1, 0.15) is 0 Å². The zero-order valence-electron chi connectivity index (χ0n) is 7.09. The van der Waals surface area contributed by atoms with E-state index in [4.69, 9.17) is 0 Å². The fraction of sp³-hybridized carbons (Fsp3) is 0.429. The molecule has 1 rings (SSSR count). The maximum absolute atomic E-state index is 11.3. The first-order valence-electron chi connectivity index (χ1n) is 3.42. The van der Waals surface area contributed by atoms with E-state index in [1.54, 1.807) is 43.8 Å². The van der Waals surface area contributed by atoms with E-state index in [1.165, 1.54) is 4.57 Å². The smallest absolute Gasteiger partial charge is 0.300 e. The Balaban J connectivity index is 3.86. The number of halogens is 1. The summed E-state index contributed by atoms with van der Waals surface area (Å²) in [7, 11) is 1.65. The first kappa shape index (κ1) is 9.50. The molecule has 0 fully saturated rings. The first-order valence-corrected chi connectivity index (χ1v) is 4.38. The summed E-state index contributed by atoms with van der Waals surface area (Å²) in [6.07, 6.45) is 0. The SMILES string of the molecule is Cc1c(C)n(C)c(=O)n(I)c1=O. The van der Waals surface area contributed by atoms with Crippen molar-refractivity contribution in [2.45, 2.75) is 13.8 Å². The molecule has 0 saturated carbocycles. The molecular formula is C7H9IN2O2. The van der Waals surface area contributed by atoms with Crippen LogP contribution in [0.5, 0.6) is 0 Å². The van der Waals surface area contributed by atoms with Gasteiger partial charge >= 0.3 is 5.69 Å². The second-order valence-electron chi connectivity index (χ2n) is 2.64. The van der Waals surface area contributed by atoms with Crippen LogP contribution >= 0.6 is 22.9 Å². The van der Waals surface area contributed by atoms with Gasteiger partial charge in [-0.25, -0.2) is 4.79 Å². The molecule has 0 radical (unpaired) electrons. The summed E-state index contributed by atoms with van der Waals surface area (Å²) in [4.78, 5) is 22.6. The molecule has 0 atom stereocenters. The lowest BCUT2D eigenvalue weighted by Crippen LogP contribution is -2.36. The van der Waals surface area contributed by atoms with Crippen LogP contribution in [0.2, 0.25) is 0 Å². The van der Waals surface area contributed by atoms with Gasteiger partial charge in [-0.3, -0.25) is 4.79 Å². The molecule has 4 nitrogen and oxygen atoms in total. The van der Waals surface area contributed by atoms with E-state index >= 15 is 0 Å². The molecule has 0 aliphatic heterocycles. The Labute approximate surface area is 83.3 Å². The van der Waals surface area contributed by atoms with Crippen molar-refractivity contribution in [1.29, 1.82) is 0 Å². The van der Waals surface area contributed by atoms with Crippen molar-refractivity contribution in [3.63, 3.8) is 0 Å². The molecule has 66 valence electrons. The van der Waals surface area contributed by atoms with Gasteiger partial charge in [-0.05, 0) is 13.8 Å². The number of nitrogens with zero attached hydrogens (tertiary/aromatic N) is 2. The van der Waals surface area contributed by atoms with Crippen LogP contribution < -0.4 is 11.2 Å². The third kappa shape index (κ3) is 1.21. The molecule has 0 bridgehead atoms. The monoisotopic (exact) mass is 280 g/mol. The van der Waals surface area contributed by atoms with E-state index in [9.17, 15) is 9.59 Å². The Morgan fingerprint density at radius 2 is 1.75 bits per heavy atom.